The van der Waals surface area contributed by atoms with E-state index in [1.165, 1.54) is 5.01 Å². The first-order chi connectivity index (χ1) is 15.9. The second-order valence-electron chi connectivity index (χ2n) is 7.34. The van der Waals surface area contributed by atoms with Crippen molar-refractivity contribution < 1.29 is 14.3 Å². The molecule has 2 aromatic carbocycles. The van der Waals surface area contributed by atoms with E-state index in [9.17, 15) is 14.9 Å². The fourth-order valence-electron chi connectivity index (χ4n) is 3.14. The van der Waals surface area contributed by atoms with Crippen molar-refractivity contribution in [2.75, 3.05) is 16.9 Å². The largest absolute Gasteiger partial charge is 0.438 e. The van der Waals surface area contributed by atoms with Crippen LogP contribution in [0.15, 0.2) is 65.8 Å². The van der Waals surface area contributed by atoms with Gasteiger partial charge in [0.1, 0.15) is 23.9 Å². The molecule has 0 atom stereocenters. The first-order valence-corrected chi connectivity index (χ1v) is 10.1. The van der Waals surface area contributed by atoms with E-state index in [0.29, 0.717) is 22.7 Å². The lowest BCUT2D eigenvalue weighted by Gasteiger charge is -2.27. The molecule has 0 bridgehead atoms. The highest BCUT2D eigenvalue weighted by Crippen LogP contribution is 2.27. The standard InChI is InChI=1S/C24H20N6O3/c1-15-5-7-18(8-6-15)30-21(31)14-27-22(29-30)23(32)28-20-10-9-19(12-16(20)2)33-24-17(13-25)4-3-11-26-24/h3-12H,14H2,1-2H3,(H,27,29)(H,28,32). The molecule has 9 heteroatoms. The number of amides is 2. The van der Waals surface area contributed by atoms with E-state index in [1.807, 2.05) is 32.0 Å². The van der Waals surface area contributed by atoms with Crippen molar-refractivity contribution >= 4 is 29.0 Å². The maximum Gasteiger partial charge on any atom is 0.292 e. The number of carbonyl (C=O) groups excluding carboxylic acids is 2. The van der Waals surface area contributed by atoms with Gasteiger partial charge in [-0.3, -0.25) is 20.0 Å². The minimum Gasteiger partial charge on any atom is -0.438 e. The van der Waals surface area contributed by atoms with Crippen LogP contribution in [0.2, 0.25) is 0 Å². The molecule has 164 valence electrons. The summed E-state index contributed by atoms with van der Waals surface area (Å²) in [5, 5.41) is 13.3. The molecule has 0 saturated heterocycles. The molecule has 0 unspecified atom stereocenters. The molecule has 9 nitrogen and oxygen atoms in total. The normalized spacial score (nSPS) is 12.9. The van der Waals surface area contributed by atoms with Gasteiger partial charge in [0.15, 0.2) is 0 Å². The van der Waals surface area contributed by atoms with Crippen molar-refractivity contribution in [3.63, 3.8) is 0 Å². The molecule has 0 fully saturated rings. The van der Waals surface area contributed by atoms with Crippen LogP contribution in [0.1, 0.15) is 16.7 Å². The van der Waals surface area contributed by atoms with Gasteiger partial charge in [0, 0.05) is 11.9 Å². The Morgan fingerprint density at radius 3 is 2.70 bits per heavy atom. The van der Waals surface area contributed by atoms with E-state index in [4.69, 9.17) is 4.74 Å². The van der Waals surface area contributed by atoms with Crippen LogP contribution in [-0.4, -0.2) is 29.2 Å². The van der Waals surface area contributed by atoms with Gasteiger partial charge in [0.25, 0.3) is 11.8 Å². The van der Waals surface area contributed by atoms with Crippen LogP contribution in [0.25, 0.3) is 0 Å². The molecule has 2 heterocycles. The van der Waals surface area contributed by atoms with Gasteiger partial charge in [-0.2, -0.15) is 5.26 Å². The van der Waals surface area contributed by atoms with Crippen LogP contribution in [0.5, 0.6) is 11.6 Å². The summed E-state index contributed by atoms with van der Waals surface area (Å²) in [6, 6.07) is 17.7. The molecule has 33 heavy (non-hydrogen) atoms. The van der Waals surface area contributed by atoms with Crippen molar-refractivity contribution in [1.82, 2.24) is 10.4 Å². The monoisotopic (exact) mass is 440 g/mol. The number of amidine groups is 1. The summed E-state index contributed by atoms with van der Waals surface area (Å²) in [5.41, 5.74) is 6.08. The zero-order valence-corrected chi connectivity index (χ0v) is 18.0. The van der Waals surface area contributed by atoms with E-state index in [0.717, 1.165) is 11.1 Å². The van der Waals surface area contributed by atoms with E-state index < -0.39 is 5.91 Å². The molecular weight excluding hydrogens is 420 g/mol. The Balaban J connectivity index is 1.46. The van der Waals surface area contributed by atoms with Crippen molar-refractivity contribution in [2.45, 2.75) is 13.8 Å². The van der Waals surface area contributed by atoms with E-state index in [2.05, 4.69) is 20.7 Å². The number of nitrogens with zero attached hydrogens (tertiary/aromatic N) is 4. The molecule has 1 aromatic heterocycles. The number of rotatable bonds is 5. The molecule has 2 N–H and O–H groups in total. The number of aromatic nitrogens is 1. The fourth-order valence-corrected chi connectivity index (χ4v) is 3.14. The molecule has 0 aliphatic carbocycles. The topological polar surface area (TPSA) is 120 Å². The fraction of sp³-hybridized carbons (Fsp3) is 0.125. The number of aliphatic imine (C=N–C) groups is 1. The van der Waals surface area contributed by atoms with Gasteiger partial charge in [-0.25, -0.2) is 9.99 Å². The number of carbonyl (C=O) groups is 2. The van der Waals surface area contributed by atoms with E-state index >= 15 is 0 Å². The number of ether oxygens (including phenoxy) is 1. The Bertz CT molecular complexity index is 1290. The number of nitrogens with one attached hydrogen (secondary N) is 2. The summed E-state index contributed by atoms with van der Waals surface area (Å²) in [6.45, 7) is 3.62. The Hall–Kier alpha value is -4.71. The third-order valence-electron chi connectivity index (χ3n) is 4.90. The number of pyridine rings is 1. The molecule has 0 spiro atoms. The first kappa shape index (κ1) is 21.5. The molecule has 3 aromatic rings. The summed E-state index contributed by atoms with van der Waals surface area (Å²) in [5.74, 6) is -0.0305. The number of hydrogen-bond acceptors (Lipinski definition) is 7. The van der Waals surface area contributed by atoms with Gasteiger partial charge >= 0.3 is 0 Å². The molecule has 4 rings (SSSR count). The van der Waals surface area contributed by atoms with Crippen LogP contribution >= 0.6 is 0 Å². The second kappa shape index (κ2) is 9.20. The number of aryl methyl sites for hydroxylation is 2. The molecule has 1 aliphatic heterocycles. The summed E-state index contributed by atoms with van der Waals surface area (Å²) in [4.78, 5) is 33.2. The first-order valence-electron chi connectivity index (χ1n) is 10.1. The number of nitriles is 1. The highest BCUT2D eigenvalue weighted by atomic mass is 16.5. The zero-order valence-electron chi connectivity index (χ0n) is 18.0. The molecule has 1 aliphatic rings. The SMILES string of the molecule is Cc1ccc(N2NC(C(=O)Nc3ccc(Oc4ncccc4C#N)cc3C)=NCC2=O)cc1. The number of hydrazine groups is 1. The lowest BCUT2D eigenvalue weighted by Crippen LogP contribution is -2.54. The number of hydrogen-bond donors (Lipinski definition) is 2. The van der Waals surface area contributed by atoms with E-state index in [-0.39, 0.29) is 24.2 Å². The summed E-state index contributed by atoms with van der Waals surface area (Å²) >= 11 is 0. The van der Waals surface area contributed by atoms with Crippen LogP contribution in [0.3, 0.4) is 0 Å². The average Bonchev–Trinajstić information content (AvgIpc) is 2.82. The smallest absolute Gasteiger partial charge is 0.292 e. The number of benzene rings is 2. The minimum atomic E-state index is -0.479. The van der Waals surface area contributed by atoms with Crippen LogP contribution in [0.4, 0.5) is 11.4 Å². The predicted molar refractivity (Wildman–Crippen MR) is 123 cm³/mol. The van der Waals surface area contributed by atoms with Crippen molar-refractivity contribution in [3.8, 4) is 17.7 Å². The summed E-state index contributed by atoms with van der Waals surface area (Å²) < 4.78 is 5.71. The minimum absolute atomic E-state index is 0.0297. The zero-order chi connectivity index (χ0) is 23.4. The predicted octanol–water partition coefficient (Wildman–Crippen LogP) is 3.25. The van der Waals surface area contributed by atoms with Gasteiger partial charge in [0.2, 0.25) is 11.7 Å². The maximum atomic E-state index is 12.8. The van der Waals surface area contributed by atoms with Crippen LogP contribution in [-0.2, 0) is 9.59 Å². The lowest BCUT2D eigenvalue weighted by atomic mass is 10.2. The van der Waals surface area contributed by atoms with Gasteiger partial charge in [-0.05, 0) is 61.9 Å². The summed E-state index contributed by atoms with van der Waals surface area (Å²) in [7, 11) is 0. The highest BCUT2D eigenvalue weighted by molar-refractivity contribution is 6.43. The molecule has 0 radical (unpaired) electrons. The van der Waals surface area contributed by atoms with Gasteiger partial charge < -0.3 is 10.1 Å². The van der Waals surface area contributed by atoms with Crippen molar-refractivity contribution in [1.29, 1.82) is 5.26 Å². The van der Waals surface area contributed by atoms with Crippen LogP contribution in [0, 0.1) is 25.2 Å². The maximum absolute atomic E-state index is 12.8. The van der Waals surface area contributed by atoms with E-state index in [1.54, 1.807) is 48.7 Å². The Kier molecular flexibility index (Phi) is 6.00. The van der Waals surface area contributed by atoms with Gasteiger partial charge in [-0.15, -0.1) is 0 Å². The highest BCUT2D eigenvalue weighted by Gasteiger charge is 2.26. The lowest BCUT2D eigenvalue weighted by molar-refractivity contribution is -0.118. The quantitative estimate of drug-likeness (QED) is 0.628. The summed E-state index contributed by atoms with van der Waals surface area (Å²) in [6.07, 6.45) is 1.54. The third-order valence-corrected chi connectivity index (χ3v) is 4.90. The van der Waals surface area contributed by atoms with Crippen molar-refractivity contribution in [3.05, 3.63) is 77.5 Å². The average molecular weight is 440 g/mol. The van der Waals surface area contributed by atoms with Crippen LogP contribution < -0.4 is 20.5 Å². The molecule has 2 amide bonds. The third kappa shape index (κ3) is 4.80. The van der Waals surface area contributed by atoms with Gasteiger partial charge in [-0.1, -0.05) is 17.7 Å². The molecular formula is C24H20N6O3. The Morgan fingerprint density at radius 1 is 1.18 bits per heavy atom. The Labute approximate surface area is 190 Å². The Morgan fingerprint density at radius 2 is 1.97 bits per heavy atom. The number of anilines is 2. The second-order valence-corrected chi connectivity index (χ2v) is 7.34. The van der Waals surface area contributed by atoms with Gasteiger partial charge in [0.05, 0.1) is 5.69 Å². The van der Waals surface area contributed by atoms with Crippen molar-refractivity contribution in [2.24, 2.45) is 4.99 Å². The molecule has 0 saturated carbocycles.